The van der Waals surface area contributed by atoms with Gasteiger partial charge >= 0.3 is 5.97 Å². The number of carbonyl (C=O) groups is 1. The van der Waals surface area contributed by atoms with E-state index in [0.717, 1.165) is 17.1 Å². The smallest absolute Gasteiger partial charge is 0.329 e. The Hall–Kier alpha value is -0.870. The van der Waals surface area contributed by atoms with Crippen molar-refractivity contribution in [3.05, 3.63) is 12.7 Å². The lowest BCUT2D eigenvalue weighted by Crippen LogP contribution is -2.41. The van der Waals surface area contributed by atoms with Crippen LogP contribution in [0.5, 0.6) is 0 Å². The predicted molar refractivity (Wildman–Crippen MR) is 49.7 cm³/mol. The summed E-state index contributed by atoms with van der Waals surface area (Å²) in [6.07, 6.45) is 0.947. The summed E-state index contributed by atoms with van der Waals surface area (Å²) in [6, 6.07) is 0. The van der Waals surface area contributed by atoms with Gasteiger partial charge in [0.05, 0.1) is 21.1 Å². The Morgan fingerprint density at radius 3 is 2.46 bits per heavy atom. The van der Waals surface area contributed by atoms with Gasteiger partial charge in [0.1, 0.15) is 6.54 Å². The van der Waals surface area contributed by atoms with Crippen LogP contribution < -0.4 is 0 Å². The van der Waals surface area contributed by atoms with Gasteiger partial charge in [0, 0.05) is 6.08 Å². The minimum Gasteiger partial charge on any atom is -0.329 e. The van der Waals surface area contributed by atoms with E-state index in [1.54, 1.807) is 0 Å². The average molecular weight is 188 g/mol. The lowest BCUT2D eigenvalue weighted by atomic mass is 10.3. The van der Waals surface area contributed by atoms with E-state index in [1.165, 1.54) is 0 Å². The lowest BCUT2D eigenvalue weighted by molar-refractivity contribution is -0.874. The standard InChI is InChI=1S/C9H18NO3/c1-6-9(11)13-12-8(2)7-10(3,4)5/h6,8H,1,7H2,2-5H3/q+1. The van der Waals surface area contributed by atoms with Gasteiger partial charge in [-0.3, -0.25) is 4.89 Å². The number of hydrogen-bond acceptors (Lipinski definition) is 3. The molecule has 0 fully saturated rings. The van der Waals surface area contributed by atoms with E-state index in [2.05, 4.69) is 11.5 Å². The number of hydrogen-bond donors (Lipinski definition) is 0. The molecule has 13 heavy (non-hydrogen) atoms. The number of carbonyl (C=O) groups excluding carboxylic acids is 1. The van der Waals surface area contributed by atoms with Crippen LogP contribution in [0.2, 0.25) is 0 Å². The quantitative estimate of drug-likeness (QED) is 0.276. The summed E-state index contributed by atoms with van der Waals surface area (Å²) in [4.78, 5) is 19.9. The van der Waals surface area contributed by atoms with E-state index in [4.69, 9.17) is 4.89 Å². The highest BCUT2D eigenvalue weighted by Crippen LogP contribution is 1.99. The Kier molecular flexibility index (Phi) is 4.66. The van der Waals surface area contributed by atoms with Crippen molar-refractivity contribution in [3.63, 3.8) is 0 Å². The Morgan fingerprint density at radius 2 is 2.08 bits per heavy atom. The van der Waals surface area contributed by atoms with Crippen LogP contribution in [-0.4, -0.2) is 44.2 Å². The predicted octanol–water partition coefficient (Wildman–Crippen LogP) is 0.742. The van der Waals surface area contributed by atoms with Crippen LogP contribution in [-0.2, 0) is 14.6 Å². The van der Waals surface area contributed by atoms with Crippen LogP contribution in [0.25, 0.3) is 0 Å². The molecule has 1 atom stereocenters. The zero-order chi connectivity index (χ0) is 10.5. The highest BCUT2D eigenvalue weighted by atomic mass is 17.2. The van der Waals surface area contributed by atoms with Gasteiger partial charge in [-0.25, -0.2) is 4.79 Å². The van der Waals surface area contributed by atoms with E-state index in [1.807, 2.05) is 28.1 Å². The summed E-state index contributed by atoms with van der Waals surface area (Å²) in [5, 5.41) is 0. The van der Waals surface area contributed by atoms with Gasteiger partial charge in [0.2, 0.25) is 0 Å². The molecule has 0 aromatic carbocycles. The Labute approximate surface area is 79.3 Å². The zero-order valence-electron chi connectivity index (χ0n) is 8.74. The van der Waals surface area contributed by atoms with Gasteiger partial charge in [0.15, 0.2) is 6.10 Å². The minimum atomic E-state index is -0.562. The number of likely N-dealkylation sites (N-methyl/N-ethyl adjacent to an activating group) is 1. The second-order valence-corrected chi connectivity index (χ2v) is 3.99. The van der Waals surface area contributed by atoms with E-state index < -0.39 is 5.97 Å². The summed E-state index contributed by atoms with van der Waals surface area (Å²) in [5.41, 5.74) is 0. The second kappa shape index (κ2) is 4.99. The van der Waals surface area contributed by atoms with Crippen LogP contribution in [0.15, 0.2) is 12.7 Å². The fraction of sp³-hybridized carbons (Fsp3) is 0.667. The maximum atomic E-state index is 10.6. The van der Waals surface area contributed by atoms with E-state index in [0.29, 0.717) is 0 Å². The van der Waals surface area contributed by atoms with Crippen molar-refractivity contribution < 1.29 is 19.1 Å². The van der Waals surface area contributed by atoms with Gasteiger partial charge in [0.25, 0.3) is 0 Å². The summed E-state index contributed by atoms with van der Waals surface area (Å²) in [5.74, 6) is -0.562. The first-order chi connectivity index (χ1) is 5.85. The summed E-state index contributed by atoms with van der Waals surface area (Å²) < 4.78 is 0.757. The first kappa shape index (κ1) is 12.1. The topological polar surface area (TPSA) is 35.5 Å². The largest absolute Gasteiger partial charge is 0.365 e. The molecular weight excluding hydrogens is 170 g/mol. The molecule has 4 heteroatoms. The van der Waals surface area contributed by atoms with Crippen LogP contribution >= 0.6 is 0 Å². The third kappa shape index (κ3) is 7.49. The SMILES string of the molecule is C=CC(=O)OOC(C)C[N+](C)(C)C. The molecule has 0 aliphatic carbocycles. The first-order valence-corrected chi connectivity index (χ1v) is 4.15. The van der Waals surface area contributed by atoms with Crippen molar-refractivity contribution in [2.75, 3.05) is 27.7 Å². The molecule has 0 aliphatic rings. The molecule has 0 heterocycles. The highest BCUT2D eigenvalue weighted by molar-refractivity contribution is 5.80. The Bertz CT molecular complexity index is 184. The molecule has 0 N–H and O–H groups in total. The van der Waals surface area contributed by atoms with Crippen molar-refractivity contribution >= 4 is 5.97 Å². The fourth-order valence-electron chi connectivity index (χ4n) is 0.965. The van der Waals surface area contributed by atoms with Gasteiger partial charge in [-0.15, -0.1) is 0 Å². The number of nitrogens with zero attached hydrogens (tertiary/aromatic N) is 1. The molecule has 4 nitrogen and oxygen atoms in total. The van der Waals surface area contributed by atoms with Gasteiger partial charge in [-0.05, 0) is 6.92 Å². The fourth-order valence-corrected chi connectivity index (χ4v) is 0.965. The molecule has 0 amide bonds. The van der Waals surface area contributed by atoms with Crippen molar-refractivity contribution in [3.8, 4) is 0 Å². The number of quaternary nitrogens is 1. The third-order valence-corrected chi connectivity index (χ3v) is 1.27. The van der Waals surface area contributed by atoms with Crippen molar-refractivity contribution in [1.29, 1.82) is 0 Å². The third-order valence-electron chi connectivity index (χ3n) is 1.27. The Balaban J connectivity index is 3.69. The molecule has 0 rings (SSSR count). The summed E-state index contributed by atoms with van der Waals surface area (Å²) in [6.45, 7) is 5.87. The Morgan fingerprint density at radius 1 is 1.54 bits per heavy atom. The van der Waals surface area contributed by atoms with Crippen molar-refractivity contribution in [2.45, 2.75) is 13.0 Å². The summed E-state index contributed by atoms with van der Waals surface area (Å²) >= 11 is 0. The van der Waals surface area contributed by atoms with Crippen molar-refractivity contribution in [1.82, 2.24) is 0 Å². The molecule has 0 saturated carbocycles. The molecule has 0 saturated heterocycles. The molecule has 1 unspecified atom stereocenters. The molecule has 0 aromatic heterocycles. The maximum absolute atomic E-state index is 10.6. The summed E-state index contributed by atoms with van der Waals surface area (Å²) in [7, 11) is 6.11. The molecule has 0 spiro atoms. The molecule has 0 aromatic rings. The van der Waals surface area contributed by atoms with Gasteiger partial charge in [-0.2, -0.15) is 4.89 Å². The highest BCUT2D eigenvalue weighted by Gasteiger charge is 2.15. The van der Waals surface area contributed by atoms with Crippen molar-refractivity contribution in [2.24, 2.45) is 0 Å². The van der Waals surface area contributed by atoms with E-state index >= 15 is 0 Å². The minimum absolute atomic E-state index is 0.121. The molecule has 76 valence electrons. The normalized spacial score (nSPS) is 13.5. The van der Waals surface area contributed by atoms with Crippen LogP contribution in [0.4, 0.5) is 0 Å². The monoisotopic (exact) mass is 188 g/mol. The second-order valence-electron chi connectivity index (χ2n) is 3.99. The molecule has 0 radical (unpaired) electrons. The van der Waals surface area contributed by atoms with Crippen LogP contribution in [0.1, 0.15) is 6.92 Å². The zero-order valence-corrected chi connectivity index (χ0v) is 8.74. The van der Waals surface area contributed by atoms with Crippen LogP contribution in [0.3, 0.4) is 0 Å². The van der Waals surface area contributed by atoms with E-state index in [-0.39, 0.29) is 6.10 Å². The van der Waals surface area contributed by atoms with Gasteiger partial charge in [-0.1, -0.05) is 6.58 Å². The van der Waals surface area contributed by atoms with Crippen LogP contribution in [0, 0.1) is 0 Å². The first-order valence-electron chi connectivity index (χ1n) is 4.15. The average Bonchev–Trinajstić information content (AvgIpc) is 1.97. The van der Waals surface area contributed by atoms with Gasteiger partial charge < -0.3 is 4.48 Å². The van der Waals surface area contributed by atoms with E-state index in [9.17, 15) is 4.79 Å². The number of rotatable bonds is 5. The maximum Gasteiger partial charge on any atom is 0.365 e. The molecule has 0 bridgehead atoms. The molecular formula is C9H18NO3+. The molecule has 0 aliphatic heterocycles. The lowest BCUT2D eigenvalue weighted by Gasteiger charge is -2.26.